The molecular formula is C17H19N2. The number of rotatable bonds is 3. The van der Waals surface area contributed by atoms with Gasteiger partial charge in [0.25, 0.3) is 0 Å². The second-order valence-corrected chi connectivity index (χ2v) is 5.05. The summed E-state index contributed by atoms with van der Waals surface area (Å²) in [6, 6.07) is 21.6. The zero-order valence-electron chi connectivity index (χ0n) is 11.1. The van der Waals surface area contributed by atoms with Crippen molar-refractivity contribution in [2.75, 3.05) is 19.6 Å². The Morgan fingerprint density at radius 2 is 1.63 bits per heavy atom. The van der Waals surface area contributed by atoms with Gasteiger partial charge in [0.15, 0.2) is 0 Å². The monoisotopic (exact) mass is 251 g/mol. The molecule has 0 spiro atoms. The van der Waals surface area contributed by atoms with Gasteiger partial charge in [-0.3, -0.25) is 4.90 Å². The van der Waals surface area contributed by atoms with Crippen LogP contribution in [0.5, 0.6) is 0 Å². The van der Waals surface area contributed by atoms with Crippen LogP contribution in [0.15, 0.2) is 60.7 Å². The Balaban J connectivity index is 1.65. The van der Waals surface area contributed by atoms with Gasteiger partial charge >= 0.3 is 0 Å². The van der Waals surface area contributed by atoms with Crippen LogP contribution in [0.25, 0.3) is 0 Å². The van der Waals surface area contributed by atoms with Gasteiger partial charge in [0.2, 0.25) is 0 Å². The van der Waals surface area contributed by atoms with Crippen molar-refractivity contribution in [3.05, 3.63) is 71.8 Å². The van der Waals surface area contributed by atoms with Gasteiger partial charge in [0.05, 0.1) is 6.04 Å². The van der Waals surface area contributed by atoms with E-state index in [9.17, 15) is 0 Å². The van der Waals surface area contributed by atoms with Crippen LogP contribution in [0, 0.1) is 0 Å². The van der Waals surface area contributed by atoms with Crippen molar-refractivity contribution in [3.8, 4) is 0 Å². The average Bonchev–Trinajstić information content (AvgIpc) is 2.49. The number of hydrogen-bond donors (Lipinski definition) is 0. The summed E-state index contributed by atoms with van der Waals surface area (Å²) in [5, 5.41) is 4.75. The van der Waals surface area contributed by atoms with Gasteiger partial charge in [-0.1, -0.05) is 60.7 Å². The molecule has 1 aliphatic rings. The average molecular weight is 251 g/mol. The largest absolute Gasteiger partial charge is 0.296 e. The van der Waals surface area contributed by atoms with Crippen LogP contribution in [-0.4, -0.2) is 24.5 Å². The van der Waals surface area contributed by atoms with Gasteiger partial charge < -0.3 is 0 Å². The highest BCUT2D eigenvalue weighted by molar-refractivity contribution is 5.20. The molecule has 0 bridgehead atoms. The Hall–Kier alpha value is -1.64. The molecule has 2 nitrogen and oxygen atoms in total. The summed E-state index contributed by atoms with van der Waals surface area (Å²) in [6.45, 7) is 4.06. The Labute approximate surface area is 115 Å². The van der Waals surface area contributed by atoms with Crippen LogP contribution >= 0.6 is 0 Å². The summed E-state index contributed by atoms with van der Waals surface area (Å²) in [6.07, 6.45) is 0. The van der Waals surface area contributed by atoms with Gasteiger partial charge in [0, 0.05) is 26.2 Å². The quantitative estimate of drug-likeness (QED) is 0.820. The van der Waals surface area contributed by atoms with Crippen LogP contribution in [0.1, 0.15) is 17.2 Å². The molecule has 97 valence electrons. The first-order valence-corrected chi connectivity index (χ1v) is 6.89. The summed E-state index contributed by atoms with van der Waals surface area (Å²) in [4.78, 5) is 2.50. The van der Waals surface area contributed by atoms with Crippen molar-refractivity contribution in [2.24, 2.45) is 0 Å². The van der Waals surface area contributed by atoms with Crippen molar-refractivity contribution < 1.29 is 0 Å². The molecule has 0 aliphatic carbocycles. The molecule has 0 aromatic heterocycles. The minimum Gasteiger partial charge on any atom is -0.296 e. The minimum atomic E-state index is 0.332. The van der Waals surface area contributed by atoms with Crippen LogP contribution in [0.3, 0.4) is 0 Å². The first-order valence-electron chi connectivity index (χ1n) is 6.89. The second-order valence-electron chi connectivity index (χ2n) is 5.05. The van der Waals surface area contributed by atoms with Crippen LogP contribution in [0.2, 0.25) is 0 Å². The van der Waals surface area contributed by atoms with E-state index in [0.29, 0.717) is 6.04 Å². The Morgan fingerprint density at radius 1 is 0.947 bits per heavy atom. The van der Waals surface area contributed by atoms with Crippen molar-refractivity contribution >= 4 is 0 Å². The number of hydrogen-bond acceptors (Lipinski definition) is 1. The lowest BCUT2D eigenvalue weighted by atomic mass is 10.0. The molecule has 0 saturated carbocycles. The molecule has 1 radical (unpaired) electrons. The molecule has 1 unspecified atom stereocenters. The van der Waals surface area contributed by atoms with E-state index in [1.807, 2.05) is 0 Å². The van der Waals surface area contributed by atoms with Crippen LogP contribution in [-0.2, 0) is 6.54 Å². The number of benzene rings is 2. The van der Waals surface area contributed by atoms with E-state index in [2.05, 4.69) is 65.6 Å². The molecule has 0 amide bonds. The maximum atomic E-state index is 4.75. The van der Waals surface area contributed by atoms with Gasteiger partial charge in [-0.2, -0.15) is 0 Å². The SMILES string of the molecule is c1ccc(CN2CC[N]C(c3ccccc3)C2)cc1. The highest BCUT2D eigenvalue weighted by Crippen LogP contribution is 2.19. The molecule has 2 heteroatoms. The molecule has 1 atom stereocenters. The standard InChI is InChI=1S/C17H19N2/c1-3-7-15(8-4-1)13-19-12-11-18-17(14-19)16-9-5-2-6-10-16/h1-10,17H,11-14H2. The van der Waals surface area contributed by atoms with E-state index < -0.39 is 0 Å². The molecule has 2 aromatic carbocycles. The van der Waals surface area contributed by atoms with Gasteiger partial charge in [-0.05, 0) is 11.1 Å². The second kappa shape index (κ2) is 6.00. The summed E-state index contributed by atoms with van der Waals surface area (Å²) in [7, 11) is 0. The van der Waals surface area contributed by atoms with E-state index in [-0.39, 0.29) is 0 Å². The lowest BCUT2D eigenvalue weighted by Crippen LogP contribution is -2.41. The third-order valence-electron chi connectivity index (χ3n) is 3.63. The predicted molar refractivity (Wildman–Crippen MR) is 77.9 cm³/mol. The fourth-order valence-corrected chi connectivity index (χ4v) is 2.62. The summed E-state index contributed by atoms with van der Waals surface area (Å²) in [5.41, 5.74) is 2.72. The highest BCUT2D eigenvalue weighted by atomic mass is 15.2. The van der Waals surface area contributed by atoms with E-state index >= 15 is 0 Å². The minimum absolute atomic E-state index is 0.332. The molecule has 0 N–H and O–H groups in total. The summed E-state index contributed by atoms with van der Waals surface area (Å²) in [5.74, 6) is 0. The van der Waals surface area contributed by atoms with Crippen molar-refractivity contribution in [3.63, 3.8) is 0 Å². The summed E-state index contributed by atoms with van der Waals surface area (Å²) >= 11 is 0. The van der Waals surface area contributed by atoms with E-state index in [1.54, 1.807) is 0 Å². The third kappa shape index (κ3) is 3.22. The molecule has 1 saturated heterocycles. The van der Waals surface area contributed by atoms with Crippen LogP contribution < -0.4 is 5.32 Å². The summed E-state index contributed by atoms with van der Waals surface area (Å²) < 4.78 is 0. The normalized spacial score (nSPS) is 20.3. The van der Waals surface area contributed by atoms with E-state index in [0.717, 1.165) is 26.2 Å². The molecule has 1 fully saturated rings. The zero-order valence-corrected chi connectivity index (χ0v) is 11.1. The zero-order chi connectivity index (χ0) is 12.9. The molecule has 1 aliphatic heterocycles. The van der Waals surface area contributed by atoms with Crippen molar-refractivity contribution in [1.82, 2.24) is 10.2 Å². The molecular weight excluding hydrogens is 232 g/mol. The van der Waals surface area contributed by atoms with Crippen molar-refractivity contribution in [2.45, 2.75) is 12.6 Å². The van der Waals surface area contributed by atoms with Gasteiger partial charge in [-0.15, -0.1) is 0 Å². The fourth-order valence-electron chi connectivity index (χ4n) is 2.62. The Morgan fingerprint density at radius 3 is 2.37 bits per heavy atom. The molecule has 2 aromatic rings. The third-order valence-corrected chi connectivity index (χ3v) is 3.63. The molecule has 1 heterocycles. The molecule has 3 rings (SSSR count). The van der Waals surface area contributed by atoms with E-state index in [4.69, 9.17) is 5.32 Å². The maximum absolute atomic E-state index is 4.75. The first kappa shape index (κ1) is 12.4. The predicted octanol–water partition coefficient (Wildman–Crippen LogP) is 2.85. The van der Waals surface area contributed by atoms with E-state index in [1.165, 1.54) is 11.1 Å². The Bertz CT molecular complexity index is 495. The fraction of sp³-hybridized carbons (Fsp3) is 0.294. The lowest BCUT2D eigenvalue weighted by Gasteiger charge is -2.32. The van der Waals surface area contributed by atoms with Crippen LogP contribution in [0.4, 0.5) is 0 Å². The molecule has 19 heavy (non-hydrogen) atoms. The number of nitrogens with zero attached hydrogens (tertiary/aromatic N) is 2. The van der Waals surface area contributed by atoms with Gasteiger partial charge in [0.1, 0.15) is 0 Å². The van der Waals surface area contributed by atoms with Crippen molar-refractivity contribution in [1.29, 1.82) is 0 Å². The smallest absolute Gasteiger partial charge is 0.0623 e. The first-order chi connectivity index (χ1) is 9.42. The maximum Gasteiger partial charge on any atom is 0.0623 e. The van der Waals surface area contributed by atoms with Gasteiger partial charge in [-0.25, -0.2) is 5.32 Å². The Kier molecular flexibility index (Phi) is 3.92. The highest BCUT2D eigenvalue weighted by Gasteiger charge is 2.21. The number of piperazine rings is 1. The topological polar surface area (TPSA) is 17.3 Å². The lowest BCUT2D eigenvalue weighted by molar-refractivity contribution is 0.190.